The fourth-order valence-corrected chi connectivity index (χ4v) is 3.44. The second kappa shape index (κ2) is 8.58. The molecule has 1 aromatic carbocycles. The lowest BCUT2D eigenvalue weighted by Gasteiger charge is -2.25. The lowest BCUT2D eigenvalue weighted by molar-refractivity contribution is -0.131. The lowest BCUT2D eigenvalue weighted by atomic mass is 9.99. The quantitative estimate of drug-likeness (QED) is 0.381. The first-order valence-corrected chi connectivity index (χ1v) is 10.5. The number of carbonyl (C=O) groups excluding carboxylic acids is 1. The fraction of sp³-hybridized carbons (Fsp3) is 0.450. The van der Waals surface area contributed by atoms with Gasteiger partial charge in [-0.1, -0.05) is 24.0 Å². The summed E-state index contributed by atoms with van der Waals surface area (Å²) in [5.74, 6) is 11.1. The highest BCUT2D eigenvalue weighted by molar-refractivity contribution is 7.92. The van der Waals surface area contributed by atoms with Crippen molar-refractivity contribution in [1.82, 2.24) is 5.48 Å². The molecule has 0 aromatic heterocycles. The van der Waals surface area contributed by atoms with E-state index in [-0.39, 0.29) is 18.9 Å². The Morgan fingerprint density at radius 2 is 1.96 bits per heavy atom. The van der Waals surface area contributed by atoms with Gasteiger partial charge in [-0.2, -0.15) is 0 Å². The Bertz CT molecular complexity index is 915. The molecule has 3 N–H and O–H groups in total. The van der Waals surface area contributed by atoms with Crippen LogP contribution >= 0.6 is 0 Å². The summed E-state index contributed by atoms with van der Waals surface area (Å²) < 4.78 is 22.2. The number of carbonyl (C=O) groups is 1. The van der Waals surface area contributed by atoms with Crippen LogP contribution in [0.5, 0.6) is 0 Å². The molecule has 1 aliphatic carbocycles. The van der Waals surface area contributed by atoms with Crippen LogP contribution in [-0.2, 0) is 21.1 Å². The smallest absolute Gasteiger partial charge is 0.264 e. The molecule has 1 aliphatic rings. The van der Waals surface area contributed by atoms with Crippen LogP contribution in [0, 0.1) is 35.5 Å². The van der Waals surface area contributed by atoms with Crippen molar-refractivity contribution in [3.63, 3.8) is 0 Å². The molecule has 0 aliphatic heterocycles. The molecule has 0 saturated heterocycles. The van der Waals surface area contributed by atoms with Gasteiger partial charge in [0.1, 0.15) is 4.75 Å². The molecule has 27 heavy (non-hydrogen) atoms. The van der Waals surface area contributed by atoms with E-state index < -0.39 is 20.5 Å². The summed E-state index contributed by atoms with van der Waals surface area (Å²) in [7, 11) is -3.70. The predicted octanol–water partition coefficient (Wildman–Crippen LogP) is 0.911. The normalized spacial score (nSPS) is 20.3. The molecule has 0 spiro atoms. The Morgan fingerprint density at radius 3 is 2.48 bits per heavy atom. The topological polar surface area (TPSA) is 104 Å². The first kappa shape index (κ1) is 21.0. The number of hydrogen-bond donors (Lipinski definition) is 3. The largest absolute Gasteiger partial charge is 0.396 e. The number of benzene rings is 1. The fourth-order valence-electron chi connectivity index (χ4n) is 2.58. The third kappa shape index (κ3) is 5.33. The molecule has 1 saturated carbocycles. The van der Waals surface area contributed by atoms with Gasteiger partial charge in [0.05, 0.1) is 0 Å². The van der Waals surface area contributed by atoms with E-state index in [1.54, 1.807) is 0 Å². The monoisotopic (exact) mass is 389 g/mol. The van der Waals surface area contributed by atoms with Crippen LogP contribution < -0.4 is 5.48 Å². The summed E-state index contributed by atoms with van der Waals surface area (Å²) in [5.41, 5.74) is 3.08. The molecule has 1 amide bonds. The second-order valence-corrected chi connectivity index (χ2v) is 9.39. The van der Waals surface area contributed by atoms with Crippen LogP contribution in [-0.4, -0.2) is 42.2 Å². The van der Waals surface area contributed by atoms with Crippen molar-refractivity contribution in [2.75, 3.05) is 12.9 Å². The van der Waals surface area contributed by atoms with Crippen molar-refractivity contribution >= 4 is 15.7 Å². The lowest BCUT2D eigenvalue weighted by Crippen LogP contribution is -2.49. The summed E-state index contributed by atoms with van der Waals surface area (Å²) in [6.45, 7) is 1.47. The molecular formula is C20H23NO5S. The van der Waals surface area contributed by atoms with E-state index in [1.165, 1.54) is 12.4 Å². The molecule has 6 nitrogen and oxygen atoms in total. The Hall–Kier alpha value is -2.32. The molecule has 144 valence electrons. The molecule has 3 atom stereocenters. The van der Waals surface area contributed by atoms with Gasteiger partial charge in [-0.05, 0) is 61.6 Å². The maximum atomic E-state index is 12.0. The minimum Gasteiger partial charge on any atom is -0.396 e. The van der Waals surface area contributed by atoms with Gasteiger partial charge in [0.25, 0.3) is 5.91 Å². The van der Waals surface area contributed by atoms with Crippen molar-refractivity contribution in [3.05, 3.63) is 35.4 Å². The van der Waals surface area contributed by atoms with Crippen LogP contribution in [0.15, 0.2) is 24.3 Å². The number of aliphatic hydroxyl groups is 1. The number of aliphatic hydroxyl groups excluding tert-OH is 1. The molecule has 2 rings (SSSR count). The maximum Gasteiger partial charge on any atom is 0.264 e. The van der Waals surface area contributed by atoms with Crippen LogP contribution in [0.4, 0.5) is 0 Å². The summed E-state index contributed by atoms with van der Waals surface area (Å²) in [6, 6.07) is 7.25. The first-order chi connectivity index (χ1) is 12.7. The number of rotatable bonds is 6. The van der Waals surface area contributed by atoms with Gasteiger partial charge in [0, 0.05) is 24.3 Å². The van der Waals surface area contributed by atoms with Gasteiger partial charge in [-0.25, -0.2) is 13.9 Å². The Labute approximate surface area is 159 Å². The van der Waals surface area contributed by atoms with E-state index in [9.17, 15) is 13.2 Å². The number of hydroxylamine groups is 1. The summed E-state index contributed by atoms with van der Waals surface area (Å²) in [5, 5.41) is 17.8. The zero-order valence-electron chi connectivity index (χ0n) is 15.3. The number of hydrogen-bond acceptors (Lipinski definition) is 5. The summed E-state index contributed by atoms with van der Waals surface area (Å²) in [6.07, 6.45) is 2.31. The number of sulfone groups is 1. The minimum absolute atomic E-state index is 0.0438. The van der Waals surface area contributed by atoms with Gasteiger partial charge >= 0.3 is 0 Å². The van der Waals surface area contributed by atoms with Crippen LogP contribution in [0.2, 0.25) is 0 Å². The number of amides is 1. The Balaban J connectivity index is 1.98. The molecule has 1 fully saturated rings. The van der Waals surface area contributed by atoms with Gasteiger partial charge in [0.2, 0.25) is 0 Å². The average Bonchev–Trinajstić information content (AvgIpc) is 3.41. The Morgan fingerprint density at radius 1 is 1.30 bits per heavy atom. The molecular weight excluding hydrogens is 366 g/mol. The third-order valence-corrected chi connectivity index (χ3v) is 6.96. The molecule has 3 unspecified atom stereocenters. The van der Waals surface area contributed by atoms with Gasteiger partial charge in [-0.3, -0.25) is 10.0 Å². The number of nitrogens with one attached hydrogen (secondary N) is 1. The van der Waals surface area contributed by atoms with Crippen LogP contribution in [0.25, 0.3) is 0 Å². The van der Waals surface area contributed by atoms with Gasteiger partial charge in [0.15, 0.2) is 9.84 Å². The minimum atomic E-state index is -3.70. The zero-order valence-corrected chi connectivity index (χ0v) is 16.1. The van der Waals surface area contributed by atoms with E-state index in [0.29, 0.717) is 12.3 Å². The zero-order chi connectivity index (χ0) is 20.1. The van der Waals surface area contributed by atoms with E-state index >= 15 is 0 Å². The van der Waals surface area contributed by atoms with Gasteiger partial charge < -0.3 is 5.11 Å². The summed E-state index contributed by atoms with van der Waals surface area (Å²) in [4.78, 5) is 11.8. The highest BCUT2D eigenvalue weighted by Gasteiger charge is 2.43. The highest BCUT2D eigenvalue weighted by atomic mass is 32.2. The van der Waals surface area contributed by atoms with Gasteiger partial charge in [-0.15, -0.1) is 0 Å². The predicted molar refractivity (Wildman–Crippen MR) is 101 cm³/mol. The average molecular weight is 389 g/mol. The maximum absolute atomic E-state index is 12.0. The van der Waals surface area contributed by atoms with Crippen molar-refractivity contribution in [2.24, 2.45) is 11.8 Å². The molecule has 0 bridgehead atoms. The number of aryl methyl sites for hydroxylation is 1. The second-order valence-electron chi connectivity index (χ2n) is 6.95. The van der Waals surface area contributed by atoms with Crippen molar-refractivity contribution in [3.8, 4) is 23.7 Å². The standard InChI is InChI=1S/C20H23NO5S/c1-20(19(23)21-24,27(2,25)26)12-11-16-9-7-15(8-10-16)5-3-4-6-17-13-18(17)14-22/h7-10,17-18,22,24H,11-14H2,1-2H3,(H,21,23). The van der Waals surface area contributed by atoms with Crippen molar-refractivity contribution in [1.29, 1.82) is 0 Å². The molecule has 0 heterocycles. The first-order valence-electron chi connectivity index (χ1n) is 8.56. The van der Waals surface area contributed by atoms with E-state index in [0.717, 1.165) is 23.8 Å². The van der Waals surface area contributed by atoms with E-state index in [4.69, 9.17) is 10.3 Å². The summed E-state index contributed by atoms with van der Waals surface area (Å²) >= 11 is 0. The molecule has 7 heteroatoms. The van der Waals surface area contributed by atoms with Crippen LogP contribution in [0.3, 0.4) is 0 Å². The SMILES string of the molecule is CC(CCc1ccc(C#CC#CC2CC2CO)cc1)(C(=O)NO)S(C)(=O)=O. The van der Waals surface area contributed by atoms with Crippen molar-refractivity contribution < 1.29 is 23.5 Å². The molecule has 0 radical (unpaired) electrons. The highest BCUT2D eigenvalue weighted by Crippen LogP contribution is 2.36. The van der Waals surface area contributed by atoms with E-state index in [2.05, 4.69) is 23.7 Å². The van der Waals surface area contributed by atoms with Crippen LogP contribution in [0.1, 0.15) is 30.9 Å². The van der Waals surface area contributed by atoms with E-state index in [1.807, 2.05) is 24.3 Å². The molecule has 1 aromatic rings. The third-order valence-electron chi connectivity index (χ3n) is 4.93. The Kier molecular flexibility index (Phi) is 6.67. The van der Waals surface area contributed by atoms with Crippen molar-refractivity contribution in [2.45, 2.75) is 30.9 Å².